The number of ether oxygens (including phenoxy) is 1. The average Bonchev–Trinajstić information content (AvgIpc) is 2.79. The predicted molar refractivity (Wildman–Crippen MR) is 98.8 cm³/mol. The lowest BCUT2D eigenvalue weighted by Gasteiger charge is -2.21. The summed E-state index contributed by atoms with van der Waals surface area (Å²) < 4.78 is 31.2. The van der Waals surface area contributed by atoms with Gasteiger partial charge in [-0.05, 0) is 29.8 Å². The number of hydrogen-bond donors (Lipinski definition) is 1. The second-order valence-corrected chi connectivity index (χ2v) is 8.26. The summed E-state index contributed by atoms with van der Waals surface area (Å²) >= 11 is 6.00. The number of carbonyl (C=O) groups is 1. The first-order valence-corrected chi connectivity index (χ1v) is 10.2. The Balaban J connectivity index is 1.79. The zero-order valence-electron chi connectivity index (χ0n) is 14.1. The number of fused-ring (bicyclic) bond motifs is 1. The minimum Gasteiger partial charge on any atom is -0.478 e. The molecular formula is C17H18ClN3O4S. The summed E-state index contributed by atoms with van der Waals surface area (Å²) in [5, 5.41) is 3.18. The number of pyridine rings is 1. The van der Waals surface area contributed by atoms with E-state index in [2.05, 4.69) is 10.3 Å². The number of halogens is 1. The lowest BCUT2D eigenvalue weighted by molar-refractivity contribution is -0.128. The molecule has 1 aromatic carbocycles. The molecule has 0 radical (unpaired) electrons. The first kappa shape index (κ1) is 18.5. The molecule has 1 aliphatic heterocycles. The summed E-state index contributed by atoms with van der Waals surface area (Å²) in [4.78, 5) is 16.5. The number of sulfonamides is 1. The fourth-order valence-electron chi connectivity index (χ4n) is 2.69. The van der Waals surface area contributed by atoms with E-state index >= 15 is 0 Å². The van der Waals surface area contributed by atoms with Crippen LogP contribution >= 0.6 is 11.6 Å². The van der Waals surface area contributed by atoms with Crippen molar-refractivity contribution in [1.82, 2.24) is 10.3 Å². The maximum Gasteiger partial charge on any atom is 0.261 e. The van der Waals surface area contributed by atoms with Gasteiger partial charge in [0.1, 0.15) is 5.75 Å². The van der Waals surface area contributed by atoms with E-state index in [0.717, 1.165) is 11.8 Å². The molecule has 0 spiro atoms. The van der Waals surface area contributed by atoms with Crippen LogP contribution in [-0.4, -0.2) is 38.2 Å². The lowest BCUT2D eigenvalue weighted by Crippen LogP contribution is -2.39. The largest absolute Gasteiger partial charge is 0.478 e. The fraction of sp³-hybridized carbons (Fsp3) is 0.294. The highest BCUT2D eigenvalue weighted by molar-refractivity contribution is 7.92. The summed E-state index contributed by atoms with van der Waals surface area (Å²) in [5.41, 5.74) is 1.20. The molecule has 138 valence electrons. The third-order valence-electron chi connectivity index (χ3n) is 3.94. The van der Waals surface area contributed by atoms with E-state index < -0.39 is 16.1 Å². The van der Waals surface area contributed by atoms with E-state index in [-0.39, 0.29) is 18.9 Å². The normalized spacial score (nSPS) is 17.0. The molecule has 0 fully saturated rings. The standard InChI is InChI=1S/C17H18ClN3O4S/c1-26(23,24)21-8-6-16(25-15-5-4-13(18)9-14(15)21)17(22)20-11-12-3-2-7-19-10-12/h2-5,7,9-10,16H,6,8,11H2,1H3,(H,20,22). The van der Waals surface area contributed by atoms with Crippen LogP contribution in [0.3, 0.4) is 0 Å². The van der Waals surface area contributed by atoms with Gasteiger partial charge in [0.15, 0.2) is 6.10 Å². The van der Waals surface area contributed by atoms with Crippen molar-refractivity contribution in [2.24, 2.45) is 0 Å². The van der Waals surface area contributed by atoms with Gasteiger partial charge < -0.3 is 10.1 Å². The number of aromatic nitrogens is 1. The van der Waals surface area contributed by atoms with Crippen molar-refractivity contribution in [1.29, 1.82) is 0 Å². The summed E-state index contributed by atoms with van der Waals surface area (Å²) in [6.07, 6.45) is 3.84. The number of hydrogen-bond acceptors (Lipinski definition) is 5. The lowest BCUT2D eigenvalue weighted by atomic mass is 10.2. The van der Waals surface area contributed by atoms with Crippen molar-refractivity contribution >= 4 is 33.2 Å². The van der Waals surface area contributed by atoms with E-state index in [1.807, 2.05) is 6.07 Å². The Morgan fingerprint density at radius 1 is 1.42 bits per heavy atom. The third kappa shape index (κ3) is 4.25. The van der Waals surface area contributed by atoms with Gasteiger partial charge in [-0.25, -0.2) is 8.42 Å². The summed E-state index contributed by atoms with van der Waals surface area (Å²) in [6.45, 7) is 0.437. The van der Waals surface area contributed by atoms with Crippen LogP contribution < -0.4 is 14.4 Å². The molecule has 0 saturated heterocycles. The van der Waals surface area contributed by atoms with Gasteiger partial charge in [-0.1, -0.05) is 17.7 Å². The predicted octanol–water partition coefficient (Wildman–Crippen LogP) is 1.97. The van der Waals surface area contributed by atoms with E-state index in [1.165, 1.54) is 10.4 Å². The Labute approximate surface area is 157 Å². The van der Waals surface area contributed by atoms with Crippen LogP contribution in [0.25, 0.3) is 0 Å². The maximum absolute atomic E-state index is 12.5. The van der Waals surface area contributed by atoms with Gasteiger partial charge in [0.25, 0.3) is 5.91 Å². The molecule has 1 amide bonds. The van der Waals surface area contributed by atoms with Gasteiger partial charge >= 0.3 is 0 Å². The number of carbonyl (C=O) groups excluding carboxylic acids is 1. The SMILES string of the molecule is CS(=O)(=O)N1CCC(C(=O)NCc2cccnc2)Oc2ccc(Cl)cc21. The molecule has 0 bridgehead atoms. The van der Waals surface area contributed by atoms with E-state index in [1.54, 1.807) is 30.6 Å². The Kier molecular flexibility index (Phi) is 5.33. The Morgan fingerprint density at radius 3 is 2.92 bits per heavy atom. The summed E-state index contributed by atoms with van der Waals surface area (Å²) in [5.74, 6) is -0.0102. The van der Waals surface area contributed by atoms with Gasteiger partial charge in [-0.2, -0.15) is 0 Å². The van der Waals surface area contributed by atoms with Gasteiger partial charge in [0.2, 0.25) is 10.0 Å². The average molecular weight is 396 g/mol. The Morgan fingerprint density at radius 2 is 2.23 bits per heavy atom. The third-order valence-corrected chi connectivity index (χ3v) is 5.35. The van der Waals surface area contributed by atoms with Crippen LogP contribution in [0.2, 0.25) is 5.02 Å². The molecule has 1 aliphatic rings. The molecule has 1 aromatic heterocycles. The molecule has 1 unspecified atom stereocenters. The molecule has 26 heavy (non-hydrogen) atoms. The number of benzene rings is 1. The van der Waals surface area contributed by atoms with Crippen LogP contribution in [-0.2, 0) is 21.4 Å². The van der Waals surface area contributed by atoms with Crippen LogP contribution in [0.1, 0.15) is 12.0 Å². The monoisotopic (exact) mass is 395 g/mol. The van der Waals surface area contributed by atoms with Crippen molar-refractivity contribution in [3.05, 3.63) is 53.3 Å². The van der Waals surface area contributed by atoms with Gasteiger partial charge in [-0.15, -0.1) is 0 Å². The molecule has 9 heteroatoms. The van der Waals surface area contributed by atoms with Crippen molar-refractivity contribution in [2.75, 3.05) is 17.1 Å². The second kappa shape index (κ2) is 7.51. The zero-order valence-corrected chi connectivity index (χ0v) is 15.6. The van der Waals surface area contributed by atoms with Gasteiger partial charge in [-0.3, -0.25) is 14.1 Å². The quantitative estimate of drug-likeness (QED) is 0.854. The highest BCUT2D eigenvalue weighted by Gasteiger charge is 2.31. The van der Waals surface area contributed by atoms with E-state index in [9.17, 15) is 13.2 Å². The van der Waals surface area contributed by atoms with Crippen LogP contribution in [0, 0.1) is 0 Å². The van der Waals surface area contributed by atoms with Gasteiger partial charge in [0.05, 0.1) is 11.9 Å². The van der Waals surface area contributed by atoms with Crippen LogP contribution in [0.15, 0.2) is 42.7 Å². The molecule has 1 atom stereocenters. The van der Waals surface area contributed by atoms with Crippen molar-refractivity contribution < 1.29 is 17.9 Å². The smallest absolute Gasteiger partial charge is 0.261 e. The van der Waals surface area contributed by atoms with E-state index in [0.29, 0.717) is 23.0 Å². The molecule has 0 saturated carbocycles. The van der Waals surface area contributed by atoms with Crippen molar-refractivity contribution in [3.8, 4) is 5.75 Å². The number of rotatable bonds is 4. The highest BCUT2D eigenvalue weighted by atomic mass is 35.5. The first-order chi connectivity index (χ1) is 12.3. The molecule has 3 rings (SSSR count). The second-order valence-electron chi connectivity index (χ2n) is 5.92. The van der Waals surface area contributed by atoms with Crippen LogP contribution in [0.5, 0.6) is 5.75 Å². The maximum atomic E-state index is 12.5. The Hall–Kier alpha value is -2.32. The topological polar surface area (TPSA) is 88.6 Å². The number of nitrogens with one attached hydrogen (secondary N) is 1. The number of anilines is 1. The number of nitrogens with zero attached hydrogens (tertiary/aromatic N) is 2. The minimum atomic E-state index is -3.53. The summed E-state index contributed by atoms with van der Waals surface area (Å²) in [6, 6.07) is 8.32. The minimum absolute atomic E-state index is 0.122. The highest BCUT2D eigenvalue weighted by Crippen LogP contribution is 2.36. The Bertz CT molecular complexity index is 905. The first-order valence-electron chi connectivity index (χ1n) is 7.95. The van der Waals surface area contributed by atoms with Crippen molar-refractivity contribution in [3.63, 3.8) is 0 Å². The zero-order chi connectivity index (χ0) is 18.7. The molecule has 2 heterocycles. The molecule has 0 aliphatic carbocycles. The molecule has 1 N–H and O–H groups in total. The van der Waals surface area contributed by atoms with Gasteiger partial charge in [0, 0.05) is 36.9 Å². The fourth-order valence-corrected chi connectivity index (χ4v) is 3.79. The molecule has 7 nitrogen and oxygen atoms in total. The van der Waals surface area contributed by atoms with Crippen molar-refractivity contribution in [2.45, 2.75) is 19.1 Å². The van der Waals surface area contributed by atoms with E-state index in [4.69, 9.17) is 16.3 Å². The molecule has 2 aromatic rings. The molecular weight excluding hydrogens is 378 g/mol. The summed E-state index contributed by atoms with van der Waals surface area (Å²) in [7, 11) is -3.53. The number of amides is 1. The van der Waals surface area contributed by atoms with Crippen LogP contribution in [0.4, 0.5) is 5.69 Å².